The molecule has 0 unspecified atom stereocenters. The van der Waals surface area contributed by atoms with Crippen molar-refractivity contribution in [2.45, 2.75) is 64.8 Å². The Morgan fingerprint density at radius 3 is 2.65 bits per heavy atom. The van der Waals surface area contributed by atoms with Crippen LogP contribution in [0.15, 0.2) is 17.2 Å². The molecule has 5 nitrogen and oxygen atoms in total. The Bertz CT molecular complexity index is 819. The number of nitrogens with zero attached hydrogens (tertiary/aromatic N) is 4. The van der Waals surface area contributed by atoms with Crippen molar-refractivity contribution in [3.63, 3.8) is 0 Å². The maximum atomic E-state index is 12.4. The number of piperidine rings is 1. The maximum absolute atomic E-state index is 12.4. The first-order chi connectivity index (χ1) is 12.4. The minimum atomic E-state index is -0.0857. The Balaban J connectivity index is 1.37. The summed E-state index contributed by atoms with van der Waals surface area (Å²) in [5, 5.41) is 1.21. The van der Waals surface area contributed by atoms with E-state index in [4.69, 9.17) is 4.98 Å². The van der Waals surface area contributed by atoms with E-state index in [9.17, 15) is 4.79 Å². The monoisotopic (exact) mass is 372 g/mol. The molecule has 0 aromatic carbocycles. The standard InChI is InChI=1S/C20H28N4OS/c1-20(2,3)17-11-18(25)24(13-21-17)12-14-7-9-23(10-8-14)19-22-15-5-4-6-16(15)26-19/h11,13-14H,4-10,12H2,1-3H3. The number of hydrogen-bond donors (Lipinski definition) is 0. The molecule has 0 N–H and O–H groups in total. The van der Waals surface area contributed by atoms with Gasteiger partial charge in [0.15, 0.2) is 5.13 Å². The molecule has 1 fully saturated rings. The summed E-state index contributed by atoms with van der Waals surface area (Å²) in [5.41, 5.74) is 2.19. The van der Waals surface area contributed by atoms with Crippen LogP contribution in [0.1, 0.15) is 56.3 Å². The lowest BCUT2D eigenvalue weighted by Gasteiger charge is -2.32. The van der Waals surface area contributed by atoms with Crippen molar-refractivity contribution in [2.24, 2.45) is 5.92 Å². The number of anilines is 1. The zero-order chi connectivity index (χ0) is 18.3. The van der Waals surface area contributed by atoms with Gasteiger partial charge < -0.3 is 4.90 Å². The van der Waals surface area contributed by atoms with Crippen LogP contribution in [0, 0.1) is 5.92 Å². The Morgan fingerprint density at radius 1 is 1.23 bits per heavy atom. The first-order valence-electron chi connectivity index (χ1n) is 9.70. The van der Waals surface area contributed by atoms with Crippen molar-refractivity contribution in [1.82, 2.24) is 14.5 Å². The zero-order valence-electron chi connectivity index (χ0n) is 16.0. The van der Waals surface area contributed by atoms with Crippen LogP contribution in [0.4, 0.5) is 5.13 Å². The van der Waals surface area contributed by atoms with E-state index in [0.29, 0.717) is 5.92 Å². The van der Waals surface area contributed by atoms with E-state index in [-0.39, 0.29) is 11.0 Å². The molecular formula is C20H28N4OS. The lowest BCUT2D eigenvalue weighted by molar-refractivity contribution is 0.350. The fourth-order valence-electron chi connectivity index (χ4n) is 3.87. The molecule has 2 aliphatic rings. The van der Waals surface area contributed by atoms with Gasteiger partial charge in [-0.15, -0.1) is 11.3 Å². The lowest BCUT2D eigenvalue weighted by Crippen LogP contribution is -2.36. The summed E-state index contributed by atoms with van der Waals surface area (Å²) in [7, 11) is 0. The van der Waals surface area contributed by atoms with Gasteiger partial charge in [0.05, 0.1) is 17.7 Å². The van der Waals surface area contributed by atoms with Gasteiger partial charge in [-0.05, 0) is 38.0 Å². The number of hydrogen-bond acceptors (Lipinski definition) is 5. The van der Waals surface area contributed by atoms with E-state index in [2.05, 4.69) is 30.7 Å². The molecule has 0 amide bonds. The molecule has 0 saturated carbocycles. The quantitative estimate of drug-likeness (QED) is 0.829. The summed E-state index contributed by atoms with van der Waals surface area (Å²) < 4.78 is 1.79. The Labute approximate surface area is 159 Å². The third-order valence-corrected chi connectivity index (χ3v) is 6.79. The molecule has 2 aromatic heterocycles. The van der Waals surface area contributed by atoms with E-state index < -0.39 is 0 Å². The molecule has 0 atom stereocenters. The second kappa shape index (κ2) is 6.80. The average molecular weight is 373 g/mol. The van der Waals surface area contributed by atoms with E-state index in [0.717, 1.165) is 44.6 Å². The van der Waals surface area contributed by atoms with Crippen LogP contribution in [-0.2, 0) is 24.8 Å². The number of aromatic nitrogens is 3. The molecular weight excluding hydrogens is 344 g/mol. The summed E-state index contributed by atoms with van der Waals surface area (Å²) >= 11 is 1.89. The Hall–Kier alpha value is -1.69. The number of rotatable bonds is 3. The molecule has 1 saturated heterocycles. The fraction of sp³-hybridized carbons (Fsp3) is 0.650. The fourth-order valence-corrected chi connectivity index (χ4v) is 5.07. The number of aryl methyl sites for hydroxylation is 2. The van der Waals surface area contributed by atoms with Crippen molar-refractivity contribution >= 4 is 16.5 Å². The molecule has 3 heterocycles. The van der Waals surface area contributed by atoms with Gasteiger partial charge in [-0.3, -0.25) is 9.36 Å². The third-order valence-electron chi connectivity index (χ3n) is 5.57. The van der Waals surface area contributed by atoms with E-state index in [1.165, 1.54) is 28.5 Å². The van der Waals surface area contributed by atoms with Gasteiger partial charge >= 0.3 is 0 Å². The van der Waals surface area contributed by atoms with Crippen LogP contribution >= 0.6 is 11.3 Å². The molecule has 1 aliphatic carbocycles. The van der Waals surface area contributed by atoms with Gasteiger partial charge in [0.1, 0.15) is 0 Å². The summed E-state index contributed by atoms with van der Waals surface area (Å²) in [4.78, 5) is 25.7. The van der Waals surface area contributed by atoms with Crippen LogP contribution in [-0.4, -0.2) is 27.6 Å². The molecule has 0 bridgehead atoms. The highest BCUT2D eigenvalue weighted by molar-refractivity contribution is 7.15. The predicted octanol–water partition coefficient (Wildman–Crippen LogP) is 3.40. The number of thiazole rings is 1. The summed E-state index contributed by atoms with van der Waals surface area (Å²) in [6, 6.07) is 1.70. The first kappa shape index (κ1) is 17.7. The van der Waals surface area contributed by atoms with Gasteiger partial charge in [-0.25, -0.2) is 9.97 Å². The van der Waals surface area contributed by atoms with E-state index in [1.807, 2.05) is 11.3 Å². The van der Waals surface area contributed by atoms with Crippen LogP contribution in [0.25, 0.3) is 0 Å². The Kier molecular flexibility index (Phi) is 4.63. The van der Waals surface area contributed by atoms with Gasteiger partial charge in [0.25, 0.3) is 5.56 Å². The van der Waals surface area contributed by atoms with Crippen LogP contribution in [0.3, 0.4) is 0 Å². The van der Waals surface area contributed by atoms with Crippen molar-refractivity contribution in [1.29, 1.82) is 0 Å². The SMILES string of the molecule is CC(C)(C)c1cc(=O)n(CC2CCN(c3nc4c(s3)CCC4)CC2)cn1. The van der Waals surface area contributed by atoms with Crippen molar-refractivity contribution in [3.8, 4) is 0 Å². The highest BCUT2D eigenvalue weighted by Crippen LogP contribution is 2.34. The Morgan fingerprint density at radius 2 is 2.00 bits per heavy atom. The second-order valence-corrected chi connectivity index (χ2v) is 9.73. The van der Waals surface area contributed by atoms with Gasteiger partial charge in [0.2, 0.25) is 0 Å². The van der Waals surface area contributed by atoms with Crippen molar-refractivity contribution < 1.29 is 0 Å². The molecule has 4 rings (SSSR count). The predicted molar refractivity (Wildman–Crippen MR) is 106 cm³/mol. The van der Waals surface area contributed by atoms with Crippen LogP contribution in [0.2, 0.25) is 0 Å². The normalized spacial score (nSPS) is 18.3. The molecule has 6 heteroatoms. The highest BCUT2D eigenvalue weighted by atomic mass is 32.1. The molecule has 140 valence electrons. The topological polar surface area (TPSA) is 51.0 Å². The number of fused-ring (bicyclic) bond motifs is 1. The van der Waals surface area contributed by atoms with Crippen molar-refractivity contribution in [2.75, 3.05) is 18.0 Å². The van der Waals surface area contributed by atoms with Crippen LogP contribution in [0.5, 0.6) is 0 Å². The largest absolute Gasteiger partial charge is 0.348 e. The summed E-state index contributed by atoms with van der Waals surface area (Å²) in [6.07, 6.45) is 7.59. The maximum Gasteiger partial charge on any atom is 0.253 e. The summed E-state index contributed by atoms with van der Waals surface area (Å²) in [6.45, 7) is 9.12. The first-order valence-corrected chi connectivity index (χ1v) is 10.5. The molecule has 0 spiro atoms. The van der Waals surface area contributed by atoms with E-state index in [1.54, 1.807) is 17.0 Å². The third kappa shape index (κ3) is 3.56. The average Bonchev–Trinajstić information content (AvgIpc) is 3.18. The molecule has 1 aliphatic heterocycles. The smallest absolute Gasteiger partial charge is 0.253 e. The van der Waals surface area contributed by atoms with Gasteiger partial charge in [-0.1, -0.05) is 20.8 Å². The van der Waals surface area contributed by atoms with Gasteiger partial charge in [0, 0.05) is 36.0 Å². The second-order valence-electron chi connectivity index (χ2n) is 8.67. The minimum Gasteiger partial charge on any atom is -0.348 e. The lowest BCUT2D eigenvalue weighted by atomic mass is 9.92. The molecule has 2 aromatic rings. The van der Waals surface area contributed by atoms with Gasteiger partial charge in [-0.2, -0.15) is 0 Å². The molecule has 26 heavy (non-hydrogen) atoms. The summed E-state index contributed by atoms with van der Waals surface area (Å²) in [5.74, 6) is 0.540. The van der Waals surface area contributed by atoms with E-state index >= 15 is 0 Å². The highest BCUT2D eigenvalue weighted by Gasteiger charge is 2.25. The van der Waals surface area contributed by atoms with Crippen LogP contribution < -0.4 is 10.5 Å². The minimum absolute atomic E-state index is 0.0729. The zero-order valence-corrected chi connectivity index (χ0v) is 16.8. The molecule has 0 radical (unpaired) electrons. The van der Waals surface area contributed by atoms with Crippen molar-refractivity contribution in [3.05, 3.63) is 39.0 Å².